The van der Waals surface area contributed by atoms with Gasteiger partial charge in [0.05, 0.1) is 55.4 Å². The van der Waals surface area contributed by atoms with Crippen molar-refractivity contribution in [2.45, 2.75) is 78.6 Å². The van der Waals surface area contributed by atoms with Gasteiger partial charge in [-0.3, -0.25) is 0 Å². The summed E-state index contributed by atoms with van der Waals surface area (Å²) in [7, 11) is 0. The maximum Gasteiger partial charge on any atom is 0.252 e. The molecule has 16 aromatic rings. The zero-order valence-corrected chi connectivity index (χ0v) is 55.3. The Morgan fingerprint density at radius 1 is 0.292 bits per heavy atom. The molecule has 0 bridgehead atoms. The minimum atomic E-state index is -0.490. The third-order valence-electron chi connectivity index (χ3n) is 20.3. The highest BCUT2D eigenvalue weighted by Gasteiger charge is 2.46. The molecule has 0 fully saturated rings. The fourth-order valence-electron chi connectivity index (χ4n) is 15.6. The summed E-state index contributed by atoms with van der Waals surface area (Å²) in [4.78, 5) is 4.96. The van der Waals surface area contributed by atoms with E-state index in [1.54, 1.807) is 4.57 Å². The van der Waals surface area contributed by atoms with Gasteiger partial charge >= 0.3 is 0 Å². The Morgan fingerprint density at radius 3 is 1.16 bits per heavy atom. The molecule has 0 N–H and O–H groups in total. The first kappa shape index (κ1) is 49.5. The van der Waals surface area contributed by atoms with Crippen molar-refractivity contribution in [2.24, 2.45) is 0 Å². The van der Waals surface area contributed by atoms with Crippen molar-refractivity contribution in [3.05, 3.63) is 302 Å². The number of nitrogens with zero attached hydrogens (tertiary/aromatic N) is 5. The first-order valence-corrected chi connectivity index (χ1v) is 33.4. The molecule has 0 aliphatic carbocycles. The lowest BCUT2D eigenvalue weighted by molar-refractivity contribution is 0.590. The van der Waals surface area contributed by atoms with Gasteiger partial charge in [-0.25, -0.2) is 0 Å². The van der Waals surface area contributed by atoms with E-state index in [-0.39, 0.29) is 56.8 Å². The first-order valence-electron chi connectivity index (χ1n) is 37.4. The van der Waals surface area contributed by atoms with Gasteiger partial charge in [0.2, 0.25) is 0 Å². The summed E-state index contributed by atoms with van der Waals surface area (Å²) in [5, 5.41) is 4.63. The summed E-state index contributed by atoms with van der Waals surface area (Å²) in [6.07, 6.45) is 0. The third kappa shape index (κ3) is 8.77. The second-order valence-corrected chi connectivity index (χ2v) is 29.1. The van der Waals surface area contributed by atoms with Crippen molar-refractivity contribution in [1.82, 2.24) is 13.7 Å². The van der Waals surface area contributed by atoms with Crippen LogP contribution in [0.1, 0.15) is 90.0 Å². The average molecular weight is 1240 g/mol. The highest BCUT2D eigenvalue weighted by Crippen LogP contribution is 2.52. The number of hydrogen-bond acceptors (Lipinski definition) is 2. The van der Waals surface area contributed by atoms with E-state index < -0.39 is 36.3 Å². The summed E-state index contributed by atoms with van der Waals surface area (Å²) in [5.74, 6) is 0. The quantitative estimate of drug-likeness (QED) is 0.148. The number of rotatable bonds is 7. The van der Waals surface area contributed by atoms with Crippen LogP contribution < -0.4 is 26.2 Å². The largest absolute Gasteiger partial charge is 0.311 e. The van der Waals surface area contributed by atoms with Gasteiger partial charge in [0.25, 0.3) is 6.71 Å². The molecule has 462 valence electrons. The molecular formula is C90H74BN5. The van der Waals surface area contributed by atoms with Gasteiger partial charge in [-0.1, -0.05) is 250 Å². The Kier molecular flexibility index (Phi) is 10.9. The number of benzene rings is 13. The Balaban J connectivity index is 1.01. The van der Waals surface area contributed by atoms with E-state index in [9.17, 15) is 8.22 Å². The molecule has 0 radical (unpaired) electrons. The second-order valence-electron chi connectivity index (χ2n) is 29.1. The van der Waals surface area contributed by atoms with Crippen LogP contribution >= 0.6 is 0 Å². The van der Waals surface area contributed by atoms with Crippen molar-refractivity contribution in [3.63, 3.8) is 0 Å². The Bertz CT molecular complexity index is 6280. The zero-order chi connectivity index (χ0) is 72.1. The van der Waals surface area contributed by atoms with E-state index in [0.29, 0.717) is 5.69 Å². The highest BCUT2D eigenvalue weighted by molar-refractivity contribution is 7.00. The molecule has 6 heteroatoms. The molecule has 5 heterocycles. The molecule has 0 unspecified atom stereocenters. The Hall–Kier alpha value is -11.1. The SMILES string of the molecule is [2H]c1c([2H])c([2H])c2c(c1[2H])c1c([2H])c([2H])c([2H])c([2H])c1n2-c1ccc2c(c1)N(c1ccc(C(C)(C)C)cc1-c1ccccc1)c1cc(C(C)(C)C)cc3c1B2c1ccc(-n2c4ccccc4c4ccc5c6ccccc6n(-c6ccccc6)c5c42)cc1N3c1ccc(C(C)(C)C)cc1-c1ccccc1. The average Bonchev–Trinajstić information content (AvgIpc) is 0.763. The van der Waals surface area contributed by atoms with Crippen LogP contribution in [0.5, 0.6) is 0 Å². The lowest BCUT2D eigenvalue weighted by Gasteiger charge is -2.46. The van der Waals surface area contributed by atoms with Crippen LogP contribution in [-0.2, 0) is 16.2 Å². The molecule has 0 amide bonds. The van der Waals surface area contributed by atoms with Crippen LogP contribution in [0.2, 0.25) is 0 Å². The van der Waals surface area contributed by atoms with E-state index in [1.807, 2.05) is 12.1 Å². The molecule has 0 spiro atoms. The van der Waals surface area contributed by atoms with Crippen LogP contribution in [0.4, 0.5) is 34.1 Å². The number of aromatic nitrogens is 3. The molecule has 2 aliphatic rings. The number of fused-ring (bicyclic) bond motifs is 14. The maximum absolute atomic E-state index is 9.73. The molecule has 0 saturated heterocycles. The normalized spacial score (nSPS) is 14.4. The lowest BCUT2D eigenvalue weighted by atomic mass is 9.33. The lowest BCUT2D eigenvalue weighted by Crippen LogP contribution is -2.61. The van der Waals surface area contributed by atoms with Gasteiger partial charge in [-0.2, -0.15) is 0 Å². The summed E-state index contributed by atoms with van der Waals surface area (Å²) >= 11 is 0. The molecule has 0 atom stereocenters. The fourth-order valence-corrected chi connectivity index (χ4v) is 15.6. The third-order valence-corrected chi connectivity index (χ3v) is 20.3. The summed E-state index contributed by atoms with van der Waals surface area (Å²) < 4.78 is 81.4. The van der Waals surface area contributed by atoms with Crippen LogP contribution in [0.25, 0.3) is 105 Å². The standard InChI is InChI=1S/C90H74BN5/c1-88(2,3)59-41-49-79(71(51-59)57-27-13-10-14-28-57)95-81-55-63(92-75-37-23-19-33-65(75)66-34-20-24-38-76(66)92)43-47-73(81)91-74-48-44-64(94-78-40-26-22-36-68(78)70-46-45-69-67-35-21-25-39-77(67)93(86(69)87(70)94)62-31-17-12-18-32-62)56-82(74)96(84-54-61(90(7,8)9)53-83(95)85(84)91)80-50-42-60(89(4,5)6)52-72(80)58-29-15-11-16-30-58/h10-56H,1-9H3/i19D,20D,23D,24D,33D,34D,37D,38D. The predicted octanol–water partition coefficient (Wildman–Crippen LogP) is 22.3. The number of anilines is 6. The van der Waals surface area contributed by atoms with Crippen LogP contribution in [0.3, 0.4) is 0 Å². The number of hydrogen-bond donors (Lipinski definition) is 0. The van der Waals surface area contributed by atoms with E-state index in [2.05, 4.69) is 306 Å². The molecule has 0 saturated carbocycles. The molecule has 18 rings (SSSR count). The number of para-hydroxylation sites is 5. The van der Waals surface area contributed by atoms with Crippen molar-refractivity contribution < 1.29 is 11.0 Å². The molecule has 2 aliphatic heterocycles. The Labute approximate surface area is 573 Å². The molecule has 96 heavy (non-hydrogen) atoms. The molecule has 13 aromatic carbocycles. The highest BCUT2D eigenvalue weighted by atomic mass is 15.2. The van der Waals surface area contributed by atoms with Crippen LogP contribution in [-0.4, -0.2) is 20.4 Å². The van der Waals surface area contributed by atoms with Crippen LogP contribution in [0, 0.1) is 0 Å². The topological polar surface area (TPSA) is 21.3 Å². The van der Waals surface area contributed by atoms with E-state index >= 15 is 0 Å². The minimum absolute atomic E-state index is 0.0227. The van der Waals surface area contributed by atoms with E-state index in [0.717, 1.165) is 139 Å². The summed E-state index contributed by atoms with van der Waals surface area (Å²) in [5.41, 5.74) is 22.5. The molecular weight excluding hydrogens is 1160 g/mol. The first-order chi connectivity index (χ1) is 49.9. The van der Waals surface area contributed by atoms with Gasteiger partial charge in [-0.15, -0.1) is 0 Å². The maximum atomic E-state index is 9.73. The van der Waals surface area contributed by atoms with Gasteiger partial charge in [0.1, 0.15) is 0 Å². The molecule has 3 aromatic heterocycles. The van der Waals surface area contributed by atoms with E-state index in [4.69, 9.17) is 2.74 Å². The second kappa shape index (κ2) is 21.2. The predicted molar refractivity (Wildman–Crippen MR) is 410 cm³/mol. The van der Waals surface area contributed by atoms with Crippen molar-refractivity contribution in [1.29, 1.82) is 0 Å². The van der Waals surface area contributed by atoms with E-state index in [1.165, 1.54) is 5.56 Å². The zero-order valence-electron chi connectivity index (χ0n) is 63.3. The molecule has 5 nitrogen and oxygen atoms in total. The van der Waals surface area contributed by atoms with Crippen molar-refractivity contribution in [3.8, 4) is 39.3 Å². The Morgan fingerprint density at radius 2 is 0.698 bits per heavy atom. The fraction of sp³-hybridized carbons (Fsp3) is 0.133. The smallest absolute Gasteiger partial charge is 0.252 e. The minimum Gasteiger partial charge on any atom is -0.311 e. The summed E-state index contributed by atoms with van der Waals surface area (Å²) in [6, 6.07) is 82.7. The van der Waals surface area contributed by atoms with Crippen LogP contribution in [0.15, 0.2) is 285 Å². The van der Waals surface area contributed by atoms with Gasteiger partial charge in [-0.05, 0) is 157 Å². The summed E-state index contributed by atoms with van der Waals surface area (Å²) in [6.45, 7) is 19.9. The van der Waals surface area contributed by atoms with Crippen molar-refractivity contribution >= 4 is 123 Å². The van der Waals surface area contributed by atoms with Gasteiger partial charge in [0, 0.05) is 83.3 Å². The van der Waals surface area contributed by atoms with Gasteiger partial charge < -0.3 is 23.5 Å². The van der Waals surface area contributed by atoms with Crippen molar-refractivity contribution in [2.75, 3.05) is 9.80 Å². The van der Waals surface area contributed by atoms with Gasteiger partial charge in [0.15, 0.2) is 0 Å². The monoisotopic (exact) mass is 1240 g/mol.